The van der Waals surface area contributed by atoms with Gasteiger partial charge in [-0.1, -0.05) is 6.92 Å². The molecule has 1 unspecified atom stereocenters. The van der Waals surface area contributed by atoms with Crippen molar-refractivity contribution >= 4 is 5.91 Å². The molecule has 1 aliphatic rings. The maximum atomic E-state index is 12.6. The highest BCUT2D eigenvalue weighted by Gasteiger charge is 2.39. The van der Waals surface area contributed by atoms with Crippen LogP contribution in [0, 0.1) is 5.41 Å². The molecule has 1 saturated heterocycles. The monoisotopic (exact) mass is 251 g/mol. The van der Waals surface area contributed by atoms with Crippen molar-refractivity contribution < 1.29 is 4.79 Å². The quantitative estimate of drug-likeness (QED) is 0.819. The van der Waals surface area contributed by atoms with Crippen LogP contribution < -0.4 is 5.32 Å². The highest BCUT2D eigenvalue weighted by atomic mass is 16.2. The molecular weight excluding hydrogens is 230 g/mol. The van der Waals surface area contributed by atoms with Crippen molar-refractivity contribution in [2.75, 3.05) is 20.1 Å². The topological polar surface area (TPSA) is 73.9 Å². The van der Waals surface area contributed by atoms with Gasteiger partial charge in [0.25, 0.3) is 0 Å². The summed E-state index contributed by atoms with van der Waals surface area (Å²) in [5.41, 5.74) is -0.243. The van der Waals surface area contributed by atoms with Gasteiger partial charge in [0.2, 0.25) is 5.91 Å². The van der Waals surface area contributed by atoms with Gasteiger partial charge in [-0.3, -0.25) is 9.89 Å². The Hall–Kier alpha value is -1.43. The fourth-order valence-electron chi connectivity index (χ4n) is 2.61. The Kier molecular flexibility index (Phi) is 3.96. The Bertz CT molecular complexity index is 383. The molecule has 1 aromatic rings. The van der Waals surface area contributed by atoms with E-state index in [2.05, 4.69) is 27.4 Å². The number of hydrogen-bond acceptors (Lipinski definition) is 4. The zero-order valence-corrected chi connectivity index (χ0v) is 11.1. The van der Waals surface area contributed by atoms with Gasteiger partial charge >= 0.3 is 0 Å². The first-order valence-electron chi connectivity index (χ1n) is 6.48. The predicted octanol–water partition coefficient (Wildman–Crippen LogP) is 0.543. The van der Waals surface area contributed by atoms with Crippen molar-refractivity contribution in [3.63, 3.8) is 0 Å². The van der Waals surface area contributed by atoms with Crippen molar-refractivity contribution in [1.29, 1.82) is 0 Å². The Balaban J connectivity index is 2.04. The van der Waals surface area contributed by atoms with E-state index in [1.54, 1.807) is 4.90 Å². The van der Waals surface area contributed by atoms with E-state index < -0.39 is 0 Å². The molecule has 2 N–H and O–H groups in total. The van der Waals surface area contributed by atoms with E-state index >= 15 is 0 Å². The molecule has 1 atom stereocenters. The molecule has 0 spiro atoms. The summed E-state index contributed by atoms with van der Waals surface area (Å²) in [4.78, 5) is 18.4. The van der Waals surface area contributed by atoms with Gasteiger partial charge in [0.05, 0.1) is 12.0 Å². The number of H-pyrrole nitrogens is 1. The second kappa shape index (κ2) is 5.48. The number of carbonyl (C=O) groups excluding carboxylic acids is 1. The molecule has 0 aliphatic carbocycles. The highest BCUT2D eigenvalue weighted by Crippen LogP contribution is 2.32. The Morgan fingerprint density at radius 2 is 2.44 bits per heavy atom. The number of carbonyl (C=O) groups is 1. The normalized spacial score (nSPS) is 23.9. The van der Waals surface area contributed by atoms with Crippen molar-refractivity contribution in [1.82, 2.24) is 25.4 Å². The van der Waals surface area contributed by atoms with Gasteiger partial charge in [-0.05, 0) is 25.8 Å². The smallest absolute Gasteiger partial charge is 0.230 e. The summed E-state index contributed by atoms with van der Waals surface area (Å²) in [5.74, 6) is 0.925. The second-order valence-corrected chi connectivity index (χ2v) is 5.01. The van der Waals surface area contributed by atoms with Gasteiger partial charge in [-0.25, -0.2) is 4.98 Å². The van der Waals surface area contributed by atoms with Crippen LogP contribution in [-0.4, -0.2) is 46.1 Å². The first-order valence-corrected chi connectivity index (χ1v) is 6.48. The third-order valence-corrected chi connectivity index (χ3v) is 3.80. The number of aromatic nitrogens is 3. The van der Waals surface area contributed by atoms with Gasteiger partial charge in [-0.15, -0.1) is 0 Å². The Morgan fingerprint density at radius 1 is 1.61 bits per heavy atom. The maximum Gasteiger partial charge on any atom is 0.230 e. The van der Waals surface area contributed by atoms with Crippen LogP contribution in [0.15, 0.2) is 6.33 Å². The third kappa shape index (κ3) is 2.53. The first kappa shape index (κ1) is 13.0. The van der Waals surface area contributed by atoms with E-state index in [0.29, 0.717) is 6.54 Å². The zero-order chi connectivity index (χ0) is 13.0. The van der Waals surface area contributed by atoms with Crippen LogP contribution >= 0.6 is 0 Å². The number of hydrogen-bond donors (Lipinski definition) is 2. The average molecular weight is 251 g/mol. The molecular formula is C12H21N5O. The van der Waals surface area contributed by atoms with Gasteiger partial charge in [0.15, 0.2) is 0 Å². The summed E-state index contributed by atoms with van der Waals surface area (Å²) >= 11 is 0. The molecule has 0 saturated carbocycles. The molecule has 1 aromatic heterocycles. The van der Waals surface area contributed by atoms with Crippen LogP contribution in [0.25, 0.3) is 0 Å². The minimum Gasteiger partial charge on any atom is -0.338 e. The molecule has 100 valence electrons. The third-order valence-electron chi connectivity index (χ3n) is 3.80. The minimum atomic E-state index is -0.243. The molecule has 6 nitrogen and oxygen atoms in total. The molecule has 2 rings (SSSR count). The van der Waals surface area contributed by atoms with Crippen molar-refractivity contribution in [3.8, 4) is 0 Å². The van der Waals surface area contributed by atoms with Gasteiger partial charge < -0.3 is 10.2 Å². The van der Waals surface area contributed by atoms with E-state index in [9.17, 15) is 4.79 Å². The Labute approximate surface area is 107 Å². The van der Waals surface area contributed by atoms with E-state index in [-0.39, 0.29) is 11.3 Å². The lowest BCUT2D eigenvalue weighted by molar-refractivity contribution is -0.142. The SMILES string of the molecule is CCC1(C(=O)N(C)Cc2ncn[nH]2)CCCNC1. The van der Waals surface area contributed by atoms with E-state index in [1.165, 1.54) is 6.33 Å². The zero-order valence-electron chi connectivity index (χ0n) is 11.1. The van der Waals surface area contributed by atoms with E-state index in [4.69, 9.17) is 0 Å². The number of nitrogens with zero attached hydrogens (tertiary/aromatic N) is 3. The molecule has 2 heterocycles. The van der Waals surface area contributed by atoms with Gasteiger partial charge in [0.1, 0.15) is 12.2 Å². The molecule has 1 aliphatic heterocycles. The van der Waals surface area contributed by atoms with Crippen LogP contribution in [0.1, 0.15) is 32.0 Å². The number of amides is 1. The van der Waals surface area contributed by atoms with Crippen molar-refractivity contribution in [2.45, 2.75) is 32.7 Å². The molecule has 1 amide bonds. The number of aromatic amines is 1. The van der Waals surface area contributed by atoms with Gasteiger partial charge in [0, 0.05) is 13.6 Å². The fraction of sp³-hybridized carbons (Fsp3) is 0.750. The van der Waals surface area contributed by atoms with Crippen LogP contribution in [0.2, 0.25) is 0 Å². The molecule has 0 bridgehead atoms. The number of rotatable bonds is 4. The lowest BCUT2D eigenvalue weighted by Crippen LogP contribution is -2.50. The predicted molar refractivity (Wildman–Crippen MR) is 67.7 cm³/mol. The molecule has 18 heavy (non-hydrogen) atoms. The number of piperidine rings is 1. The minimum absolute atomic E-state index is 0.202. The second-order valence-electron chi connectivity index (χ2n) is 5.01. The molecule has 6 heteroatoms. The summed E-state index contributed by atoms with van der Waals surface area (Å²) in [6.07, 6.45) is 4.37. The number of nitrogens with one attached hydrogen (secondary N) is 2. The summed E-state index contributed by atoms with van der Waals surface area (Å²) in [7, 11) is 1.83. The Morgan fingerprint density at radius 3 is 3.00 bits per heavy atom. The van der Waals surface area contributed by atoms with E-state index in [1.807, 2.05) is 7.05 Å². The van der Waals surface area contributed by atoms with Crippen molar-refractivity contribution in [3.05, 3.63) is 12.2 Å². The standard InChI is InChI=1S/C12H21N5O/c1-3-12(5-4-6-13-8-12)11(18)17(2)7-10-14-9-15-16-10/h9,13H,3-8H2,1-2H3,(H,14,15,16). The first-order chi connectivity index (χ1) is 8.68. The van der Waals surface area contributed by atoms with Crippen LogP contribution in [0.4, 0.5) is 0 Å². The lowest BCUT2D eigenvalue weighted by Gasteiger charge is -2.38. The lowest BCUT2D eigenvalue weighted by atomic mass is 9.77. The van der Waals surface area contributed by atoms with Crippen LogP contribution in [-0.2, 0) is 11.3 Å². The molecule has 1 fully saturated rings. The maximum absolute atomic E-state index is 12.6. The summed E-state index contributed by atoms with van der Waals surface area (Å²) in [5, 5.41) is 9.92. The molecule has 0 aromatic carbocycles. The van der Waals surface area contributed by atoms with Gasteiger partial charge in [-0.2, -0.15) is 5.10 Å². The molecule has 0 radical (unpaired) electrons. The summed E-state index contributed by atoms with van der Waals surface area (Å²) in [6.45, 7) is 4.37. The van der Waals surface area contributed by atoms with Crippen LogP contribution in [0.3, 0.4) is 0 Å². The highest BCUT2D eigenvalue weighted by molar-refractivity contribution is 5.82. The average Bonchev–Trinajstić information content (AvgIpc) is 2.91. The van der Waals surface area contributed by atoms with Crippen molar-refractivity contribution in [2.24, 2.45) is 5.41 Å². The summed E-state index contributed by atoms with van der Waals surface area (Å²) in [6, 6.07) is 0. The summed E-state index contributed by atoms with van der Waals surface area (Å²) < 4.78 is 0. The van der Waals surface area contributed by atoms with Crippen LogP contribution in [0.5, 0.6) is 0 Å². The van der Waals surface area contributed by atoms with E-state index in [0.717, 1.165) is 38.2 Å². The fourth-order valence-corrected chi connectivity index (χ4v) is 2.61. The largest absolute Gasteiger partial charge is 0.338 e.